The minimum absolute atomic E-state index is 0.00233. The number of amides is 1. The van der Waals surface area contributed by atoms with E-state index in [4.69, 9.17) is 110 Å². The molecule has 4 aliphatic rings. The van der Waals surface area contributed by atoms with Crippen molar-refractivity contribution in [2.45, 2.75) is 208 Å². The Morgan fingerprint density at radius 2 is 0.964 bits per heavy atom. The number of phosphoric ester groups is 4. The molecule has 4 fully saturated rings. The van der Waals surface area contributed by atoms with E-state index in [1.807, 2.05) is 0 Å². The fraction of sp³-hybridized carbons (Fsp3) is 0.507. The van der Waals surface area contributed by atoms with Gasteiger partial charge in [0.05, 0.1) is 39.1 Å². The number of alkyl carbamates (subject to hydrolysis) is 1. The van der Waals surface area contributed by atoms with Crippen molar-refractivity contribution in [1.29, 1.82) is 0 Å². The number of nitrogens with one attached hydrogen (secondary N) is 1. The zero-order valence-corrected chi connectivity index (χ0v) is 76.8. The van der Waals surface area contributed by atoms with Gasteiger partial charge in [0.25, 0.3) is 0 Å². The number of benzene rings is 2. The fourth-order valence-corrected chi connectivity index (χ4v) is 16.3. The molecule has 0 bridgehead atoms. The largest absolute Gasteiger partial charge is 0.490 e. The van der Waals surface area contributed by atoms with Gasteiger partial charge in [-0.1, -0.05) is 71.6 Å². The number of azide groups is 2. The molecule has 0 radical (unpaired) electrons. The summed E-state index contributed by atoms with van der Waals surface area (Å²) in [6.45, 7) is 0.883. The third-order valence-electron chi connectivity index (χ3n) is 20.1. The van der Waals surface area contributed by atoms with E-state index in [0.29, 0.717) is 16.8 Å². The summed E-state index contributed by atoms with van der Waals surface area (Å²) >= 11 is 0. The molecule has 12 rings (SSSR count). The van der Waals surface area contributed by atoms with Gasteiger partial charge in [-0.2, -0.15) is 23.1 Å². The zero-order chi connectivity index (χ0) is 103. The molecule has 4 saturated heterocycles. The number of carboxylic acids is 1. The number of rotatable bonds is 41. The van der Waals surface area contributed by atoms with Crippen molar-refractivity contribution in [3.63, 3.8) is 0 Å². The number of phosphoric acid groups is 4. The topological polar surface area (TPSA) is 888 Å². The van der Waals surface area contributed by atoms with Crippen LogP contribution in [0.3, 0.4) is 0 Å². The van der Waals surface area contributed by atoms with Crippen LogP contribution >= 0.6 is 31.3 Å². The molecular formula is C73H93F3N24O36P4. The molecule has 10 heterocycles. The van der Waals surface area contributed by atoms with Gasteiger partial charge >= 0.3 is 84.8 Å². The van der Waals surface area contributed by atoms with Gasteiger partial charge in [0, 0.05) is 59.3 Å². The van der Waals surface area contributed by atoms with Gasteiger partial charge in [0.15, 0.2) is 47.6 Å². The lowest BCUT2D eigenvalue weighted by molar-refractivity contribution is -0.192. The van der Waals surface area contributed by atoms with Crippen molar-refractivity contribution in [2.24, 2.45) is 16.0 Å². The number of alkyl halides is 3. The van der Waals surface area contributed by atoms with Crippen LogP contribution in [-0.4, -0.2) is 250 Å². The number of halogens is 3. The van der Waals surface area contributed by atoms with Gasteiger partial charge in [-0.3, -0.25) is 59.8 Å². The molecule has 1 amide bonds. The average molecular weight is 2060 g/mol. The van der Waals surface area contributed by atoms with Gasteiger partial charge in [0.1, 0.15) is 128 Å². The number of ether oxygens (including phenoxy) is 9. The number of carboxylic acid groups (broad SMARTS) is 1. The van der Waals surface area contributed by atoms with Crippen molar-refractivity contribution < 1.29 is 175 Å². The second-order valence-electron chi connectivity index (χ2n) is 31.3. The fourth-order valence-electron chi connectivity index (χ4n) is 13.7. The van der Waals surface area contributed by atoms with E-state index in [9.17, 15) is 105 Å². The van der Waals surface area contributed by atoms with Gasteiger partial charge in [-0.15, -0.1) is 0 Å². The second kappa shape index (κ2) is 48.2. The van der Waals surface area contributed by atoms with Crippen LogP contribution in [0.25, 0.3) is 43.2 Å². The molecule has 140 heavy (non-hydrogen) atoms. The van der Waals surface area contributed by atoms with Gasteiger partial charge in [0.2, 0.25) is 0 Å². The van der Waals surface area contributed by atoms with E-state index < -0.39 is 215 Å². The summed E-state index contributed by atoms with van der Waals surface area (Å²) in [6.07, 6.45) is -20.5. The number of aliphatic hydroxyl groups is 2. The first-order valence-corrected chi connectivity index (χ1v) is 47.2. The highest BCUT2D eigenvalue weighted by molar-refractivity contribution is 7.47. The number of carbonyl (C=O) groups is 6. The number of aliphatic carboxylic acids is 1. The summed E-state index contributed by atoms with van der Waals surface area (Å²) in [5.41, 5.74) is 46.0. The molecule has 0 spiro atoms. The Balaban J connectivity index is 0.000000271. The summed E-state index contributed by atoms with van der Waals surface area (Å²) in [4.78, 5) is 196. The summed E-state index contributed by atoms with van der Waals surface area (Å²) in [6, 6.07) is 12.9. The highest BCUT2D eigenvalue weighted by atomic mass is 31.2. The predicted octanol–water partition coefficient (Wildman–Crippen LogP) is 3.98. The first kappa shape index (κ1) is 110. The number of imidazole rings is 2. The normalized spacial score (nSPS) is 22.6. The number of aliphatic hydroxyl groups excluding tert-OH is 2. The Bertz CT molecular complexity index is 6160. The molecule has 8 aromatic rings. The van der Waals surface area contributed by atoms with Crippen molar-refractivity contribution in [3.05, 3.63) is 151 Å². The van der Waals surface area contributed by atoms with Crippen LogP contribution in [0.2, 0.25) is 0 Å². The van der Waals surface area contributed by atoms with Crippen LogP contribution in [0, 0.1) is 0 Å². The summed E-state index contributed by atoms with van der Waals surface area (Å²) in [5, 5.41) is 40.0. The number of esters is 4. The number of nitrogen functional groups attached to an aromatic ring is 4. The third-order valence-corrected chi connectivity index (χ3v) is 23.1. The number of nitrogens with two attached hydrogens (primary N) is 5. The van der Waals surface area contributed by atoms with E-state index in [1.54, 1.807) is 69.3 Å². The number of hydrogen-bond acceptors (Lipinski definition) is 44. The predicted molar refractivity (Wildman–Crippen MR) is 461 cm³/mol. The van der Waals surface area contributed by atoms with E-state index in [2.05, 4.69) is 74.3 Å². The van der Waals surface area contributed by atoms with Gasteiger partial charge in [-0.25, -0.2) is 72.1 Å². The molecule has 2 unspecified atom stereocenters. The average Bonchev–Trinajstić information content (AvgIpc) is 1.60. The second-order valence-corrected chi connectivity index (χ2v) is 36.6. The molecule has 2 aromatic carbocycles. The maximum atomic E-state index is 14.1. The Kier molecular flexibility index (Phi) is 37.8. The number of hydrogen-bond donors (Lipinski definition) is 15. The van der Waals surface area contributed by atoms with E-state index in [1.165, 1.54) is 46.3 Å². The van der Waals surface area contributed by atoms with Crippen molar-refractivity contribution >= 4 is 124 Å². The third kappa shape index (κ3) is 31.6. The van der Waals surface area contributed by atoms with Crippen LogP contribution in [0.5, 0.6) is 0 Å². The number of aromatic nitrogens is 12. The Labute approximate surface area is 784 Å². The smallest absolute Gasteiger partial charge is 0.475 e. The maximum absolute atomic E-state index is 14.1. The van der Waals surface area contributed by atoms with Crippen LogP contribution in [0.1, 0.15) is 121 Å². The molecule has 4 aliphatic heterocycles. The molecular weight excluding hydrogens is 1970 g/mol. The minimum atomic E-state index is -5.29. The Hall–Kier alpha value is -12.3. The first-order valence-electron chi connectivity index (χ1n) is 41.2. The summed E-state index contributed by atoms with van der Waals surface area (Å²) in [7, 11) is -20.7. The van der Waals surface area contributed by atoms with Crippen LogP contribution < -0.4 is 45.4 Å². The molecule has 18 atom stereocenters. The molecule has 60 nitrogen and oxygen atoms in total. The quantitative estimate of drug-likeness (QED) is 0.00490. The molecule has 0 saturated carbocycles. The lowest BCUT2D eigenvalue weighted by atomic mass is 10.1. The molecule has 20 N–H and O–H groups in total. The van der Waals surface area contributed by atoms with Crippen LogP contribution in [-0.2, 0) is 125 Å². The number of carbonyl (C=O) groups excluding carboxylic acids is 5. The van der Waals surface area contributed by atoms with Gasteiger partial charge in [-0.05, 0) is 80.8 Å². The van der Waals surface area contributed by atoms with Crippen molar-refractivity contribution in [1.82, 2.24) is 63.5 Å². The van der Waals surface area contributed by atoms with Crippen molar-refractivity contribution in [2.75, 3.05) is 49.4 Å². The lowest BCUT2D eigenvalue weighted by Crippen LogP contribution is -2.47. The maximum Gasteiger partial charge on any atom is 0.490 e. The van der Waals surface area contributed by atoms with E-state index >= 15 is 0 Å². The number of nitrogens with zero attached hydrogens (tertiary/aromatic N) is 18. The molecule has 67 heteroatoms. The standard InChI is InChI=1S/C38H50N12O18P2.C33H42N12O16P2.C2HF3O2/c1-38(2,3)67-37(55)45-22(10-6-7-11-28(51)61-15-20-8-4-5-9-21(20)47-48-41)35(53)66-31-25(65-34(30(31)52)50-19-44-29-32(40)42-18-43-33(29)50)17-63-70(59,60)68-23-14-27(49-13-12-26(39)46-36(49)54)64-24(23)16-62-69(56,57)58;34-18(6-2-4-8-25(46)55-12-17-5-1-3-7-19(17)42-43-37)32(48)60-28-22(59-31(27(28)47)45-16-40-26-29(36)38-15-39-30(26)45)14-57-63(53,54)61-20-11-24(44-10-9-23(35)41-33(44)49)58-21(20)13-56-62(50,51)52;3-2(4,5)1(6)7/h4-5,8-9,12-13,18-19,22-25,27,30-31,34,52H,6-7,10-11,14-17H2,1-3H3,(H,45,55)(H,59,60)(H2,39,46,54)(H2,40,42,43)(H2,56,57,58);1,3,5,7,9-10,15-16,18,20-22,24,27-28,31,47H,2,4,6,8,11-14,34H2,(H,53,54)(H2,35,41,49)(H2,36,38,39)(H2,50,51,52);(H,6,7)/t22-,23-,24+,25+,27+,30+,31+,34+;18-,20-,21+,22+,24+,27+,28+,31+;/m00./s1. The zero-order valence-electron chi connectivity index (χ0n) is 73.2. The highest BCUT2D eigenvalue weighted by Gasteiger charge is 2.53. The van der Waals surface area contributed by atoms with Crippen LogP contribution in [0.4, 0.5) is 52.6 Å². The summed E-state index contributed by atoms with van der Waals surface area (Å²) in [5.74, 6) is -6.33. The van der Waals surface area contributed by atoms with E-state index in [0.717, 1.165) is 21.8 Å². The van der Waals surface area contributed by atoms with Crippen LogP contribution in [0.15, 0.2) is 118 Å². The minimum Gasteiger partial charge on any atom is -0.475 e. The summed E-state index contributed by atoms with van der Waals surface area (Å²) < 4.78 is 168. The first-order chi connectivity index (χ1) is 65.9. The SMILES string of the molecule is CC(C)(C)OC(=O)N[C@@H](CCCCC(=O)OCc1ccccc1N=[N+]=[N-])C(=O)O[C@H]1[C@@H](O)[C@H](n2cnc3c(N)ncnc32)O[C@@H]1COP(=O)(O)O[C@H]1C[C@H](n2ccc(N)nc2=O)O[C@@H]1COP(=O)(O)O.O=C(O)C(F)(F)F.[N-]=[N+]=Nc1ccccc1COC(=O)CCCC[C@H](N)C(=O)O[C@H]1[C@@H](O)[C@H](n2cnc3c(N)ncnc32)O[C@@H]1COP(=O)(O)O[C@H]1C[C@H](n2ccc(N)nc2=O)O[C@@H]1COP(=O)(O)O. The number of anilines is 4. The Morgan fingerprint density at radius 3 is 1.36 bits per heavy atom. The number of unbranched alkanes of at least 4 members (excludes halogenated alkanes) is 2. The molecule has 762 valence electrons. The lowest BCUT2D eigenvalue weighted by Gasteiger charge is -2.26. The van der Waals surface area contributed by atoms with E-state index in [-0.39, 0.29) is 129 Å². The van der Waals surface area contributed by atoms with Gasteiger partial charge < -0.3 is 121 Å². The van der Waals surface area contributed by atoms with Crippen molar-refractivity contribution in [3.8, 4) is 0 Å². The monoisotopic (exact) mass is 2060 g/mol. The Morgan fingerprint density at radius 1 is 0.564 bits per heavy atom. The number of fused-ring (bicyclic) bond motifs is 2. The molecule has 0 aliphatic carbocycles. The highest BCUT2D eigenvalue weighted by Crippen LogP contribution is 2.53. The molecule has 6 aromatic heterocycles.